The fourth-order valence-electron chi connectivity index (χ4n) is 2.58. The van der Waals surface area contributed by atoms with Gasteiger partial charge in [0.25, 0.3) is 0 Å². The van der Waals surface area contributed by atoms with Gasteiger partial charge in [-0.25, -0.2) is 0 Å². The van der Waals surface area contributed by atoms with Crippen molar-refractivity contribution in [3.63, 3.8) is 0 Å². The van der Waals surface area contributed by atoms with E-state index < -0.39 is 0 Å². The van der Waals surface area contributed by atoms with Gasteiger partial charge in [0.2, 0.25) is 0 Å². The van der Waals surface area contributed by atoms with E-state index in [4.69, 9.17) is 5.73 Å². The highest BCUT2D eigenvalue weighted by atomic mass is 79.9. The van der Waals surface area contributed by atoms with Crippen LogP contribution in [0, 0.1) is 0 Å². The Morgan fingerprint density at radius 3 is 2.44 bits per heavy atom. The first-order valence-electron chi connectivity index (χ1n) is 6.31. The zero-order valence-corrected chi connectivity index (χ0v) is 13.4. The zero-order chi connectivity index (χ0) is 13.2. The van der Waals surface area contributed by atoms with Crippen molar-refractivity contribution < 1.29 is 0 Å². The monoisotopic (exact) mass is 328 g/mol. The molecule has 0 aliphatic heterocycles. The molecule has 2 rings (SSSR count). The van der Waals surface area contributed by atoms with Gasteiger partial charge in [-0.15, -0.1) is 0 Å². The van der Waals surface area contributed by atoms with Crippen molar-refractivity contribution in [3.05, 3.63) is 34.3 Å². The summed E-state index contributed by atoms with van der Waals surface area (Å²) in [5.74, 6) is 0. The van der Waals surface area contributed by atoms with Crippen molar-refractivity contribution in [2.45, 2.75) is 30.2 Å². The van der Waals surface area contributed by atoms with Gasteiger partial charge in [0.05, 0.1) is 0 Å². The molecule has 18 heavy (non-hydrogen) atoms. The molecular formula is C14H21BrN2S. The number of nitrogens with zero attached hydrogens (tertiary/aromatic N) is 1. The van der Waals surface area contributed by atoms with Crippen LogP contribution in [0.5, 0.6) is 0 Å². The molecular weight excluding hydrogens is 308 g/mol. The SMILES string of the molecule is CSC1(C(CN)N(C)Cc2ccc(Br)cc2)CC1. The molecule has 1 unspecified atom stereocenters. The van der Waals surface area contributed by atoms with Crippen LogP contribution in [0.2, 0.25) is 0 Å². The third-order valence-corrected chi connectivity index (χ3v) is 5.88. The normalized spacial score (nSPS) is 18.9. The molecule has 1 saturated carbocycles. The van der Waals surface area contributed by atoms with E-state index in [9.17, 15) is 0 Å². The molecule has 0 aromatic heterocycles. The van der Waals surface area contributed by atoms with Gasteiger partial charge in [-0.2, -0.15) is 11.8 Å². The number of nitrogens with two attached hydrogens (primary N) is 1. The van der Waals surface area contributed by atoms with Gasteiger partial charge in [0, 0.05) is 28.4 Å². The van der Waals surface area contributed by atoms with E-state index >= 15 is 0 Å². The fraction of sp³-hybridized carbons (Fsp3) is 0.571. The average Bonchev–Trinajstić information content (AvgIpc) is 3.14. The van der Waals surface area contributed by atoms with Gasteiger partial charge < -0.3 is 5.73 Å². The lowest BCUT2D eigenvalue weighted by molar-refractivity contribution is 0.227. The quantitative estimate of drug-likeness (QED) is 0.870. The maximum Gasteiger partial charge on any atom is 0.0365 e. The second-order valence-electron chi connectivity index (χ2n) is 5.06. The van der Waals surface area contributed by atoms with E-state index in [0.29, 0.717) is 10.8 Å². The molecule has 0 bridgehead atoms. The molecule has 1 aromatic carbocycles. The molecule has 4 heteroatoms. The van der Waals surface area contributed by atoms with Crippen molar-refractivity contribution in [1.29, 1.82) is 0 Å². The number of benzene rings is 1. The van der Waals surface area contributed by atoms with Crippen LogP contribution in [0.15, 0.2) is 28.7 Å². The van der Waals surface area contributed by atoms with Gasteiger partial charge in [0.1, 0.15) is 0 Å². The summed E-state index contributed by atoms with van der Waals surface area (Å²) in [6.07, 6.45) is 4.82. The van der Waals surface area contributed by atoms with Crippen molar-refractivity contribution in [2.24, 2.45) is 5.73 Å². The Kier molecular flexibility index (Phi) is 4.75. The molecule has 1 aromatic rings. The van der Waals surface area contributed by atoms with E-state index in [-0.39, 0.29) is 0 Å². The molecule has 2 nitrogen and oxygen atoms in total. The summed E-state index contributed by atoms with van der Waals surface area (Å²) in [5, 5.41) is 0. The Morgan fingerprint density at radius 2 is 2.00 bits per heavy atom. The Hall–Kier alpha value is -0.0300. The van der Waals surface area contributed by atoms with Crippen LogP contribution in [0.3, 0.4) is 0 Å². The first kappa shape index (κ1) is 14.4. The molecule has 2 N–H and O–H groups in total. The molecule has 0 spiro atoms. The van der Waals surface area contributed by atoms with Crippen LogP contribution < -0.4 is 5.73 Å². The molecule has 0 saturated heterocycles. The predicted octanol–water partition coefficient (Wildman–Crippen LogP) is 3.10. The lowest BCUT2D eigenvalue weighted by atomic mass is 10.1. The maximum absolute atomic E-state index is 5.99. The van der Waals surface area contributed by atoms with Gasteiger partial charge in [-0.3, -0.25) is 4.90 Å². The van der Waals surface area contributed by atoms with Crippen LogP contribution in [0.1, 0.15) is 18.4 Å². The minimum Gasteiger partial charge on any atom is -0.329 e. The van der Waals surface area contributed by atoms with E-state index in [1.165, 1.54) is 18.4 Å². The fourth-order valence-corrected chi connectivity index (χ4v) is 3.90. The Labute approximate surface area is 122 Å². The first-order valence-corrected chi connectivity index (χ1v) is 8.33. The molecule has 0 heterocycles. The maximum atomic E-state index is 5.99. The van der Waals surface area contributed by atoms with Gasteiger partial charge in [0.15, 0.2) is 0 Å². The summed E-state index contributed by atoms with van der Waals surface area (Å²) >= 11 is 5.45. The zero-order valence-electron chi connectivity index (χ0n) is 11.0. The summed E-state index contributed by atoms with van der Waals surface area (Å²) in [6, 6.07) is 9.03. The molecule has 100 valence electrons. The number of hydrogen-bond acceptors (Lipinski definition) is 3. The molecule has 0 amide bonds. The molecule has 1 aliphatic carbocycles. The standard InChI is InChI=1S/C14H21BrN2S/c1-17(10-11-3-5-12(15)6-4-11)13(9-16)14(18-2)7-8-14/h3-6,13H,7-10,16H2,1-2H3. The molecule has 1 atom stereocenters. The minimum absolute atomic E-state index is 0.416. The van der Waals surface area contributed by atoms with Crippen molar-refractivity contribution in [3.8, 4) is 0 Å². The summed E-state index contributed by atoms with van der Waals surface area (Å²) in [5.41, 5.74) is 7.33. The Morgan fingerprint density at radius 1 is 1.39 bits per heavy atom. The predicted molar refractivity (Wildman–Crippen MR) is 83.9 cm³/mol. The van der Waals surface area contributed by atoms with Gasteiger partial charge in [-0.05, 0) is 43.8 Å². The van der Waals surface area contributed by atoms with Crippen molar-refractivity contribution in [1.82, 2.24) is 4.90 Å². The van der Waals surface area contributed by atoms with E-state index in [1.54, 1.807) is 0 Å². The molecule has 1 fully saturated rings. The van der Waals surface area contributed by atoms with Crippen LogP contribution in [-0.4, -0.2) is 35.5 Å². The molecule has 1 aliphatic rings. The number of likely N-dealkylation sites (N-methyl/N-ethyl adjacent to an activating group) is 1. The number of halogens is 1. The highest BCUT2D eigenvalue weighted by Crippen LogP contribution is 2.51. The minimum atomic E-state index is 0.416. The number of hydrogen-bond donors (Lipinski definition) is 1. The van der Waals surface area contributed by atoms with Crippen LogP contribution >= 0.6 is 27.7 Å². The summed E-state index contributed by atoms with van der Waals surface area (Å²) in [4.78, 5) is 2.41. The second-order valence-corrected chi connectivity index (χ2v) is 7.20. The largest absolute Gasteiger partial charge is 0.329 e. The van der Waals surface area contributed by atoms with Crippen molar-refractivity contribution >= 4 is 27.7 Å². The highest BCUT2D eigenvalue weighted by molar-refractivity contribution is 9.10. The average molecular weight is 329 g/mol. The van der Waals surface area contributed by atoms with Gasteiger partial charge in [-0.1, -0.05) is 28.1 Å². The molecule has 0 radical (unpaired) electrons. The van der Waals surface area contributed by atoms with Gasteiger partial charge >= 0.3 is 0 Å². The third kappa shape index (κ3) is 3.10. The summed E-state index contributed by atoms with van der Waals surface area (Å²) < 4.78 is 1.55. The first-order chi connectivity index (χ1) is 8.61. The summed E-state index contributed by atoms with van der Waals surface area (Å²) in [6.45, 7) is 1.71. The summed E-state index contributed by atoms with van der Waals surface area (Å²) in [7, 11) is 2.19. The van der Waals surface area contributed by atoms with E-state index in [0.717, 1.165) is 17.6 Å². The Bertz CT molecular complexity index is 389. The smallest absolute Gasteiger partial charge is 0.0365 e. The van der Waals surface area contributed by atoms with Crippen molar-refractivity contribution in [2.75, 3.05) is 19.8 Å². The lowest BCUT2D eigenvalue weighted by Gasteiger charge is -2.33. The lowest BCUT2D eigenvalue weighted by Crippen LogP contribution is -2.46. The number of thioether (sulfide) groups is 1. The van der Waals surface area contributed by atoms with E-state index in [2.05, 4.69) is 58.4 Å². The van der Waals surface area contributed by atoms with Crippen LogP contribution in [0.4, 0.5) is 0 Å². The highest BCUT2D eigenvalue weighted by Gasteiger charge is 2.49. The van der Waals surface area contributed by atoms with Crippen LogP contribution in [0.25, 0.3) is 0 Å². The second kappa shape index (κ2) is 5.95. The topological polar surface area (TPSA) is 29.3 Å². The third-order valence-electron chi connectivity index (χ3n) is 3.86. The van der Waals surface area contributed by atoms with Crippen LogP contribution in [-0.2, 0) is 6.54 Å². The number of rotatable bonds is 6. The Balaban J connectivity index is 2.02. The van der Waals surface area contributed by atoms with E-state index in [1.807, 2.05) is 11.8 Å².